The second-order valence-corrected chi connectivity index (χ2v) is 5.45. The lowest BCUT2D eigenvalue weighted by Gasteiger charge is -2.15. The molecule has 0 amide bonds. The lowest BCUT2D eigenvalue weighted by Crippen LogP contribution is -2.39. The average molecular weight is 320 g/mol. The van der Waals surface area contributed by atoms with Crippen molar-refractivity contribution in [2.45, 2.75) is 11.9 Å². The summed E-state index contributed by atoms with van der Waals surface area (Å²) >= 11 is 4.59. The molecule has 0 spiro atoms. The zero-order valence-corrected chi connectivity index (χ0v) is 13.4. The molecule has 0 saturated carbocycles. The van der Waals surface area contributed by atoms with E-state index in [0.717, 1.165) is 5.69 Å². The quantitative estimate of drug-likeness (QED) is 0.583. The largest absolute Gasteiger partial charge is 0.302 e. The van der Waals surface area contributed by atoms with Gasteiger partial charge >= 0.3 is 0 Å². The van der Waals surface area contributed by atoms with Crippen molar-refractivity contribution in [3.63, 3.8) is 0 Å². The maximum absolute atomic E-state index is 12.7. The first-order valence-corrected chi connectivity index (χ1v) is 7.50. The Labute approximate surface area is 139 Å². The highest BCUT2D eigenvalue weighted by molar-refractivity contribution is 7.80. The molecule has 2 heterocycles. The average Bonchev–Trinajstić information content (AvgIpc) is 2.57. The molecule has 5 heteroatoms. The molecule has 0 radical (unpaired) electrons. The van der Waals surface area contributed by atoms with E-state index in [0.29, 0.717) is 16.4 Å². The molecule has 0 atom stereocenters. The third kappa shape index (κ3) is 2.54. The van der Waals surface area contributed by atoms with Crippen LogP contribution >= 0.6 is 12.6 Å². The summed E-state index contributed by atoms with van der Waals surface area (Å²) in [5, 5.41) is 9.93. The smallest absolute Gasteiger partial charge is 0.290 e. The Kier molecular flexibility index (Phi) is 4.00. The Morgan fingerprint density at radius 2 is 1.70 bits per heavy atom. The minimum atomic E-state index is -0.321. The van der Waals surface area contributed by atoms with Gasteiger partial charge in [0.1, 0.15) is 11.6 Å². The molecule has 0 fully saturated rings. The van der Waals surface area contributed by atoms with E-state index in [1.165, 1.54) is 0 Å². The molecule has 112 valence electrons. The Balaban J connectivity index is 2.44. The topological polar surface area (TPSA) is 49.7 Å². The standard InChI is InChI=1S/C18H13N3OS/c1-13-15(12-19)17(22)16(20-10-6-3-7-11-20)18(23)21(13)14-8-4-2-5-9-14/h2-11H,1H3/p+1. The van der Waals surface area contributed by atoms with Gasteiger partial charge in [-0.2, -0.15) is 9.83 Å². The van der Waals surface area contributed by atoms with E-state index in [2.05, 4.69) is 12.6 Å². The van der Waals surface area contributed by atoms with Crippen molar-refractivity contribution in [3.05, 3.63) is 82.4 Å². The van der Waals surface area contributed by atoms with E-state index in [1.54, 1.807) is 23.9 Å². The highest BCUT2D eigenvalue weighted by Gasteiger charge is 2.25. The van der Waals surface area contributed by atoms with Crippen molar-refractivity contribution >= 4 is 12.6 Å². The van der Waals surface area contributed by atoms with Gasteiger partial charge in [-0.3, -0.25) is 4.79 Å². The first-order chi connectivity index (χ1) is 11.1. The lowest BCUT2D eigenvalue weighted by molar-refractivity contribution is -0.599. The number of rotatable bonds is 2. The van der Waals surface area contributed by atoms with E-state index in [-0.39, 0.29) is 11.0 Å². The van der Waals surface area contributed by atoms with Crippen LogP contribution in [0, 0.1) is 18.3 Å². The molecule has 3 aromatic rings. The van der Waals surface area contributed by atoms with Gasteiger partial charge in [-0.25, -0.2) is 0 Å². The van der Waals surface area contributed by atoms with Crippen LogP contribution in [-0.4, -0.2) is 4.57 Å². The van der Waals surface area contributed by atoms with Crippen molar-refractivity contribution in [3.8, 4) is 17.4 Å². The van der Waals surface area contributed by atoms with E-state index < -0.39 is 0 Å². The molecule has 0 aliphatic carbocycles. The summed E-state index contributed by atoms with van der Waals surface area (Å²) in [7, 11) is 0. The van der Waals surface area contributed by atoms with Gasteiger partial charge in [0.05, 0.1) is 0 Å². The molecule has 0 aliphatic rings. The van der Waals surface area contributed by atoms with Crippen molar-refractivity contribution in [2.75, 3.05) is 0 Å². The maximum atomic E-state index is 12.7. The predicted octanol–water partition coefficient (Wildman–Crippen LogP) is 2.58. The fraction of sp³-hybridized carbons (Fsp3) is 0.0556. The predicted molar refractivity (Wildman–Crippen MR) is 90.3 cm³/mol. The van der Waals surface area contributed by atoms with Crippen LogP contribution < -0.4 is 10.00 Å². The second kappa shape index (κ2) is 6.11. The van der Waals surface area contributed by atoms with Gasteiger partial charge < -0.3 is 4.57 Å². The minimum absolute atomic E-state index is 0.123. The molecule has 1 aromatic carbocycles. The third-order valence-electron chi connectivity index (χ3n) is 3.66. The number of hydrogen-bond donors (Lipinski definition) is 1. The number of nitriles is 1. The number of benzene rings is 1. The van der Waals surface area contributed by atoms with Gasteiger partial charge in [0.15, 0.2) is 17.4 Å². The number of para-hydroxylation sites is 1. The molecule has 0 unspecified atom stereocenters. The number of nitrogens with zero attached hydrogens (tertiary/aromatic N) is 3. The van der Waals surface area contributed by atoms with Gasteiger partial charge in [0.25, 0.3) is 11.1 Å². The van der Waals surface area contributed by atoms with Crippen LogP contribution in [0.3, 0.4) is 0 Å². The monoisotopic (exact) mass is 320 g/mol. The molecule has 0 saturated heterocycles. The molecule has 0 bridgehead atoms. The van der Waals surface area contributed by atoms with Gasteiger partial charge in [-0.05, 0) is 19.1 Å². The van der Waals surface area contributed by atoms with Gasteiger partial charge in [0, 0.05) is 23.5 Å². The van der Waals surface area contributed by atoms with E-state index in [9.17, 15) is 10.1 Å². The molecule has 2 aromatic heterocycles. The molecule has 23 heavy (non-hydrogen) atoms. The van der Waals surface area contributed by atoms with Crippen molar-refractivity contribution in [1.29, 1.82) is 5.26 Å². The first kappa shape index (κ1) is 15.1. The third-order valence-corrected chi connectivity index (χ3v) is 4.07. The minimum Gasteiger partial charge on any atom is -0.302 e. The zero-order chi connectivity index (χ0) is 16.4. The van der Waals surface area contributed by atoms with Crippen LogP contribution in [0.1, 0.15) is 11.3 Å². The Hall–Kier alpha value is -2.84. The van der Waals surface area contributed by atoms with Crippen LogP contribution in [0.15, 0.2) is 70.7 Å². The van der Waals surface area contributed by atoms with Crippen LogP contribution in [0.4, 0.5) is 0 Å². The van der Waals surface area contributed by atoms with Crippen LogP contribution in [0.25, 0.3) is 11.4 Å². The number of hydrogen-bond acceptors (Lipinski definition) is 3. The van der Waals surface area contributed by atoms with Gasteiger partial charge in [-0.1, -0.05) is 24.3 Å². The van der Waals surface area contributed by atoms with E-state index >= 15 is 0 Å². The zero-order valence-electron chi connectivity index (χ0n) is 12.5. The highest BCUT2D eigenvalue weighted by Crippen LogP contribution is 2.21. The van der Waals surface area contributed by atoms with E-state index in [4.69, 9.17) is 0 Å². The summed E-state index contributed by atoms with van der Waals surface area (Å²) in [5.41, 5.74) is 1.59. The molecular formula is C18H14N3OS+. The number of aromatic nitrogens is 2. The lowest BCUT2D eigenvalue weighted by atomic mass is 10.1. The second-order valence-electron chi connectivity index (χ2n) is 5.03. The Bertz CT molecular complexity index is 958. The molecule has 0 aliphatic heterocycles. The summed E-state index contributed by atoms with van der Waals surface area (Å²) in [6.45, 7) is 1.76. The molecule has 0 N–H and O–H groups in total. The highest BCUT2D eigenvalue weighted by atomic mass is 32.1. The van der Waals surface area contributed by atoms with Crippen LogP contribution in [0.2, 0.25) is 0 Å². The van der Waals surface area contributed by atoms with Crippen LogP contribution in [0.5, 0.6) is 0 Å². The maximum Gasteiger partial charge on any atom is 0.290 e. The van der Waals surface area contributed by atoms with Crippen LogP contribution in [-0.2, 0) is 0 Å². The van der Waals surface area contributed by atoms with Crippen molar-refractivity contribution in [1.82, 2.24) is 4.57 Å². The number of thiol groups is 1. The summed E-state index contributed by atoms with van der Waals surface area (Å²) < 4.78 is 3.50. The normalized spacial score (nSPS) is 10.3. The Morgan fingerprint density at radius 1 is 1.09 bits per heavy atom. The fourth-order valence-electron chi connectivity index (χ4n) is 2.57. The van der Waals surface area contributed by atoms with E-state index in [1.807, 2.05) is 59.2 Å². The molecule has 4 nitrogen and oxygen atoms in total. The van der Waals surface area contributed by atoms with Crippen molar-refractivity contribution in [2.24, 2.45) is 0 Å². The fourth-order valence-corrected chi connectivity index (χ4v) is 3.05. The molecule has 3 rings (SSSR count). The summed E-state index contributed by atoms with van der Waals surface area (Å²) in [4.78, 5) is 12.7. The first-order valence-electron chi connectivity index (χ1n) is 7.06. The Morgan fingerprint density at radius 3 is 2.30 bits per heavy atom. The summed E-state index contributed by atoms with van der Waals surface area (Å²) in [5.74, 6) is 0. The summed E-state index contributed by atoms with van der Waals surface area (Å²) in [6.07, 6.45) is 3.53. The summed E-state index contributed by atoms with van der Waals surface area (Å²) in [6, 6.07) is 17.1. The van der Waals surface area contributed by atoms with Gasteiger partial charge in [-0.15, -0.1) is 12.6 Å². The molecular weight excluding hydrogens is 306 g/mol. The SMILES string of the molecule is Cc1c(C#N)c(=O)c(-[n+]2ccccc2)c(S)n1-c1ccccc1. The number of pyridine rings is 2. The van der Waals surface area contributed by atoms with Gasteiger partial charge in [0.2, 0.25) is 0 Å². The van der Waals surface area contributed by atoms with Crippen molar-refractivity contribution < 1.29 is 4.57 Å².